The third-order valence-corrected chi connectivity index (χ3v) is 3.80. The fraction of sp³-hybridized carbons (Fsp3) is 0.467. The molecule has 1 aromatic rings. The molecule has 1 atom stereocenters. The van der Waals surface area contributed by atoms with Crippen LogP contribution in [0.1, 0.15) is 29.6 Å². The van der Waals surface area contributed by atoms with Crippen molar-refractivity contribution in [1.82, 2.24) is 10.2 Å². The van der Waals surface area contributed by atoms with Crippen LogP contribution in [0.2, 0.25) is 0 Å². The lowest BCUT2D eigenvalue weighted by Crippen LogP contribution is -2.51. The second-order valence-electron chi connectivity index (χ2n) is 5.08. The van der Waals surface area contributed by atoms with Crippen molar-refractivity contribution >= 4 is 17.5 Å². The van der Waals surface area contributed by atoms with Crippen molar-refractivity contribution in [3.05, 3.63) is 23.8 Å². The minimum atomic E-state index is -0.429. The number of likely N-dealkylation sites (tertiary alicyclic amines) is 1. The molecule has 1 heterocycles. The lowest BCUT2D eigenvalue weighted by atomic mass is 9.99. The van der Waals surface area contributed by atoms with Gasteiger partial charge in [0.15, 0.2) is 0 Å². The number of carbonyl (C=O) groups is 2. The zero-order valence-corrected chi connectivity index (χ0v) is 12.4. The van der Waals surface area contributed by atoms with Gasteiger partial charge in [-0.15, -0.1) is 0 Å². The number of hydrogen-bond acceptors (Lipinski definition) is 4. The SMILES string of the molecule is CNC(=O)C1CCCCN1C(=O)c1cc(OC)ccc1N. The molecule has 0 saturated carbocycles. The van der Waals surface area contributed by atoms with Crippen molar-refractivity contribution in [2.75, 3.05) is 26.4 Å². The van der Waals surface area contributed by atoms with E-state index in [1.807, 2.05) is 0 Å². The summed E-state index contributed by atoms with van der Waals surface area (Å²) in [5.74, 6) is 0.213. The number of carbonyl (C=O) groups excluding carboxylic acids is 2. The van der Waals surface area contributed by atoms with Gasteiger partial charge in [0.25, 0.3) is 5.91 Å². The minimum Gasteiger partial charge on any atom is -0.497 e. The normalized spacial score (nSPS) is 18.2. The summed E-state index contributed by atoms with van der Waals surface area (Å²) in [5.41, 5.74) is 6.67. The van der Waals surface area contributed by atoms with Crippen molar-refractivity contribution in [2.45, 2.75) is 25.3 Å². The molecule has 114 valence electrons. The second kappa shape index (κ2) is 6.47. The van der Waals surface area contributed by atoms with Gasteiger partial charge in [-0.25, -0.2) is 0 Å². The fourth-order valence-electron chi connectivity index (χ4n) is 2.62. The lowest BCUT2D eigenvalue weighted by Gasteiger charge is -2.34. The van der Waals surface area contributed by atoms with Crippen molar-refractivity contribution in [1.29, 1.82) is 0 Å². The summed E-state index contributed by atoms with van der Waals surface area (Å²) in [5, 5.41) is 2.62. The summed E-state index contributed by atoms with van der Waals surface area (Å²) in [6.45, 7) is 0.563. The number of nitrogens with two attached hydrogens (primary N) is 1. The zero-order chi connectivity index (χ0) is 15.4. The largest absolute Gasteiger partial charge is 0.497 e. The third-order valence-electron chi connectivity index (χ3n) is 3.80. The molecular weight excluding hydrogens is 270 g/mol. The van der Waals surface area contributed by atoms with Gasteiger partial charge in [0.1, 0.15) is 11.8 Å². The third kappa shape index (κ3) is 3.09. The van der Waals surface area contributed by atoms with Crippen molar-refractivity contribution in [2.24, 2.45) is 0 Å². The van der Waals surface area contributed by atoms with E-state index in [0.717, 1.165) is 12.8 Å². The number of likely N-dealkylation sites (N-methyl/N-ethyl adjacent to an activating group) is 1. The molecule has 1 saturated heterocycles. The molecule has 0 aliphatic carbocycles. The van der Waals surface area contributed by atoms with E-state index < -0.39 is 6.04 Å². The van der Waals surface area contributed by atoms with Crippen LogP contribution in [0.4, 0.5) is 5.69 Å². The number of benzene rings is 1. The maximum absolute atomic E-state index is 12.7. The molecule has 1 aliphatic rings. The Morgan fingerprint density at radius 2 is 2.14 bits per heavy atom. The van der Waals surface area contributed by atoms with Crippen LogP contribution < -0.4 is 15.8 Å². The smallest absolute Gasteiger partial charge is 0.256 e. The van der Waals surface area contributed by atoms with Gasteiger partial charge >= 0.3 is 0 Å². The standard InChI is InChI=1S/C15H21N3O3/c1-17-14(19)13-5-3-4-8-18(13)15(20)11-9-10(21-2)6-7-12(11)16/h6-7,9,13H,3-5,8,16H2,1-2H3,(H,17,19). The number of ether oxygens (including phenoxy) is 1. The van der Waals surface area contributed by atoms with Gasteiger partial charge in [-0.05, 0) is 37.5 Å². The van der Waals surface area contributed by atoms with E-state index in [0.29, 0.717) is 30.0 Å². The minimum absolute atomic E-state index is 0.135. The Morgan fingerprint density at radius 1 is 1.38 bits per heavy atom. The molecule has 1 aliphatic heterocycles. The molecule has 1 fully saturated rings. The molecule has 6 heteroatoms. The Kier molecular flexibility index (Phi) is 4.67. The van der Waals surface area contributed by atoms with Crippen LogP contribution in [0.3, 0.4) is 0 Å². The van der Waals surface area contributed by atoms with Gasteiger partial charge in [0.05, 0.1) is 12.7 Å². The number of nitrogen functional groups attached to an aromatic ring is 1. The predicted molar refractivity (Wildman–Crippen MR) is 80.1 cm³/mol. The summed E-state index contributed by atoms with van der Waals surface area (Å²) in [7, 11) is 3.12. The summed E-state index contributed by atoms with van der Waals surface area (Å²) in [6, 6.07) is 4.54. The topological polar surface area (TPSA) is 84.7 Å². The van der Waals surface area contributed by atoms with Gasteiger partial charge in [-0.2, -0.15) is 0 Å². The first-order valence-corrected chi connectivity index (χ1v) is 7.04. The van der Waals surface area contributed by atoms with Gasteiger partial charge in [0.2, 0.25) is 5.91 Å². The maximum Gasteiger partial charge on any atom is 0.256 e. The Morgan fingerprint density at radius 3 is 2.81 bits per heavy atom. The summed E-state index contributed by atoms with van der Waals surface area (Å²) in [6.07, 6.45) is 2.51. The Hall–Kier alpha value is -2.24. The first-order valence-electron chi connectivity index (χ1n) is 7.04. The van der Waals surface area contributed by atoms with E-state index in [2.05, 4.69) is 5.32 Å². The quantitative estimate of drug-likeness (QED) is 0.814. The molecule has 0 aromatic heterocycles. The predicted octanol–water partition coefficient (Wildman–Crippen LogP) is 1.02. The highest BCUT2D eigenvalue weighted by Gasteiger charge is 2.32. The molecule has 21 heavy (non-hydrogen) atoms. The number of hydrogen-bond donors (Lipinski definition) is 2. The van der Waals surface area contributed by atoms with Crippen molar-refractivity contribution in [3.8, 4) is 5.75 Å². The molecule has 1 aromatic carbocycles. The van der Waals surface area contributed by atoms with E-state index in [9.17, 15) is 9.59 Å². The van der Waals surface area contributed by atoms with E-state index in [1.165, 1.54) is 7.11 Å². The number of methoxy groups -OCH3 is 1. The molecule has 1 unspecified atom stereocenters. The highest BCUT2D eigenvalue weighted by molar-refractivity contribution is 6.01. The van der Waals surface area contributed by atoms with Gasteiger partial charge < -0.3 is 20.7 Å². The Labute approximate surface area is 124 Å². The second-order valence-corrected chi connectivity index (χ2v) is 5.08. The first-order chi connectivity index (χ1) is 10.1. The number of rotatable bonds is 3. The van der Waals surface area contributed by atoms with Crippen molar-refractivity contribution < 1.29 is 14.3 Å². The van der Waals surface area contributed by atoms with E-state index in [1.54, 1.807) is 30.1 Å². The highest BCUT2D eigenvalue weighted by atomic mass is 16.5. The fourth-order valence-corrected chi connectivity index (χ4v) is 2.62. The molecular formula is C15H21N3O3. The highest BCUT2D eigenvalue weighted by Crippen LogP contribution is 2.25. The lowest BCUT2D eigenvalue weighted by molar-refractivity contribution is -0.126. The average Bonchev–Trinajstić information content (AvgIpc) is 2.54. The monoisotopic (exact) mass is 291 g/mol. The molecule has 3 N–H and O–H groups in total. The van der Waals surface area contributed by atoms with Crippen LogP contribution >= 0.6 is 0 Å². The van der Waals surface area contributed by atoms with E-state index in [4.69, 9.17) is 10.5 Å². The van der Waals surface area contributed by atoms with Crippen molar-refractivity contribution in [3.63, 3.8) is 0 Å². The molecule has 6 nitrogen and oxygen atoms in total. The van der Waals surface area contributed by atoms with Crippen LogP contribution in [0, 0.1) is 0 Å². The van der Waals surface area contributed by atoms with Crippen LogP contribution in [-0.2, 0) is 4.79 Å². The van der Waals surface area contributed by atoms with Crippen LogP contribution in [0.5, 0.6) is 5.75 Å². The summed E-state index contributed by atoms with van der Waals surface area (Å²) in [4.78, 5) is 26.3. The van der Waals surface area contributed by atoms with Crippen LogP contribution in [0.15, 0.2) is 18.2 Å². The van der Waals surface area contributed by atoms with Gasteiger partial charge in [0, 0.05) is 19.3 Å². The number of piperidine rings is 1. The number of nitrogens with zero attached hydrogens (tertiary/aromatic N) is 1. The Bertz CT molecular complexity index is 545. The van der Waals surface area contributed by atoms with Gasteiger partial charge in [-0.3, -0.25) is 9.59 Å². The first kappa shape index (κ1) is 15.2. The summed E-state index contributed by atoms with van der Waals surface area (Å²) < 4.78 is 5.14. The molecule has 0 bridgehead atoms. The van der Waals surface area contributed by atoms with E-state index >= 15 is 0 Å². The number of anilines is 1. The zero-order valence-electron chi connectivity index (χ0n) is 12.4. The maximum atomic E-state index is 12.7. The number of amides is 2. The Balaban J connectivity index is 2.30. The molecule has 0 radical (unpaired) electrons. The summed E-state index contributed by atoms with van der Waals surface area (Å²) >= 11 is 0. The molecule has 2 amide bonds. The van der Waals surface area contributed by atoms with E-state index in [-0.39, 0.29) is 11.8 Å². The molecule has 0 spiro atoms. The average molecular weight is 291 g/mol. The molecule has 2 rings (SSSR count). The number of nitrogens with one attached hydrogen (secondary N) is 1. The van der Waals surface area contributed by atoms with Crippen LogP contribution in [0.25, 0.3) is 0 Å². The van der Waals surface area contributed by atoms with Gasteiger partial charge in [-0.1, -0.05) is 0 Å². The van der Waals surface area contributed by atoms with Crippen LogP contribution in [-0.4, -0.2) is 43.5 Å².